The molecular weight excluding hydrogens is 238 g/mol. The third kappa shape index (κ3) is 11.4. The van der Waals surface area contributed by atoms with Gasteiger partial charge in [0.1, 0.15) is 0 Å². The number of unbranched alkanes of at least 4 members (excludes halogenated alkanes) is 4. The molecule has 0 saturated carbocycles. The zero-order valence-electron chi connectivity index (χ0n) is 13.1. The smallest absolute Gasteiger partial charge is 0.0132 e. The van der Waals surface area contributed by atoms with Gasteiger partial charge < -0.3 is 5.32 Å². The fourth-order valence-corrected chi connectivity index (χ4v) is 3.02. The molecule has 0 bridgehead atoms. The predicted octanol–water partition coefficient (Wildman–Crippen LogP) is 5.25. The highest BCUT2D eigenvalue weighted by Crippen LogP contribution is 2.13. The molecule has 1 N–H and O–H groups in total. The van der Waals surface area contributed by atoms with Gasteiger partial charge in [-0.1, -0.05) is 59.3 Å². The first-order valence-corrected chi connectivity index (χ1v) is 9.23. The van der Waals surface area contributed by atoms with Crippen molar-refractivity contribution in [2.75, 3.05) is 11.5 Å². The highest BCUT2D eigenvalue weighted by Gasteiger charge is 2.11. The summed E-state index contributed by atoms with van der Waals surface area (Å²) in [7, 11) is 0. The van der Waals surface area contributed by atoms with Crippen molar-refractivity contribution in [1.29, 1.82) is 0 Å². The van der Waals surface area contributed by atoms with Crippen molar-refractivity contribution >= 4 is 11.8 Å². The van der Waals surface area contributed by atoms with Gasteiger partial charge in [0, 0.05) is 17.8 Å². The average Bonchev–Trinajstić information content (AvgIpc) is 2.36. The van der Waals surface area contributed by atoms with E-state index in [1.165, 1.54) is 62.9 Å². The van der Waals surface area contributed by atoms with E-state index in [9.17, 15) is 0 Å². The van der Waals surface area contributed by atoms with Gasteiger partial charge in [0.05, 0.1) is 0 Å². The van der Waals surface area contributed by atoms with Gasteiger partial charge in [-0.05, 0) is 25.5 Å². The van der Waals surface area contributed by atoms with Crippen molar-refractivity contribution in [2.45, 2.75) is 91.1 Å². The van der Waals surface area contributed by atoms with E-state index in [4.69, 9.17) is 0 Å². The van der Waals surface area contributed by atoms with Crippen LogP contribution >= 0.6 is 11.8 Å². The van der Waals surface area contributed by atoms with Gasteiger partial charge in [-0.15, -0.1) is 0 Å². The fourth-order valence-electron chi connectivity index (χ4n) is 2.34. The van der Waals surface area contributed by atoms with Crippen LogP contribution < -0.4 is 5.32 Å². The van der Waals surface area contributed by atoms with Crippen molar-refractivity contribution in [3.63, 3.8) is 0 Å². The van der Waals surface area contributed by atoms with Gasteiger partial charge in [-0.2, -0.15) is 11.8 Å². The molecule has 0 aromatic carbocycles. The Bertz CT molecular complexity index is 151. The van der Waals surface area contributed by atoms with E-state index in [0.29, 0.717) is 6.04 Å². The largest absolute Gasteiger partial charge is 0.311 e. The van der Waals surface area contributed by atoms with E-state index in [2.05, 4.69) is 44.8 Å². The molecule has 0 aliphatic heterocycles. The number of hydrogen-bond donors (Lipinski definition) is 1. The summed E-state index contributed by atoms with van der Waals surface area (Å²) >= 11 is 2.05. The van der Waals surface area contributed by atoms with Crippen LogP contribution in [0.25, 0.3) is 0 Å². The Hall–Kier alpha value is 0.310. The molecule has 0 fully saturated rings. The van der Waals surface area contributed by atoms with Crippen LogP contribution in [0.2, 0.25) is 0 Å². The molecule has 110 valence electrons. The van der Waals surface area contributed by atoms with Crippen molar-refractivity contribution in [1.82, 2.24) is 5.32 Å². The maximum Gasteiger partial charge on any atom is 0.0132 e. The third-order valence-electron chi connectivity index (χ3n) is 3.40. The Labute approximate surface area is 120 Å². The Balaban J connectivity index is 3.85. The van der Waals surface area contributed by atoms with Crippen molar-refractivity contribution in [3.8, 4) is 0 Å². The van der Waals surface area contributed by atoms with E-state index in [1.807, 2.05) is 0 Å². The first-order valence-electron chi connectivity index (χ1n) is 8.08. The first kappa shape index (κ1) is 18.3. The summed E-state index contributed by atoms with van der Waals surface area (Å²) in [6, 6.07) is 1.43. The van der Waals surface area contributed by atoms with Crippen LogP contribution in [0.3, 0.4) is 0 Å². The molecule has 1 unspecified atom stereocenters. The number of thioether (sulfide) groups is 1. The van der Waals surface area contributed by atoms with Gasteiger partial charge in [0.25, 0.3) is 0 Å². The summed E-state index contributed by atoms with van der Waals surface area (Å²) in [5.41, 5.74) is 0. The molecule has 0 rings (SSSR count). The summed E-state index contributed by atoms with van der Waals surface area (Å²) in [5, 5.41) is 3.85. The predicted molar refractivity (Wildman–Crippen MR) is 87.7 cm³/mol. The molecule has 0 aliphatic rings. The summed E-state index contributed by atoms with van der Waals surface area (Å²) in [5.74, 6) is 2.50. The summed E-state index contributed by atoms with van der Waals surface area (Å²) < 4.78 is 0. The summed E-state index contributed by atoms with van der Waals surface area (Å²) in [6.07, 6.45) is 11.0. The van der Waals surface area contributed by atoms with Crippen LogP contribution in [-0.4, -0.2) is 23.6 Å². The first-order chi connectivity index (χ1) is 8.74. The fraction of sp³-hybridized carbons (Fsp3) is 1.00. The zero-order chi connectivity index (χ0) is 13.6. The van der Waals surface area contributed by atoms with Gasteiger partial charge in [-0.25, -0.2) is 0 Å². The molecule has 0 aromatic rings. The van der Waals surface area contributed by atoms with Crippen molar-refractivity contribution < 1.29 is 0 Å². The quantitative estimate of drug-likeness (QED) is 0.460. The van der Waals surface area contributed by atoms with E-state index in [1.54, 1.807) is 0 Å². The summed E-state index contributed by atoms with van der Waals surface area (Å²) in [6.45, 7) is 9.17. The minimum Gasteiger partial charge on any atom is -0.311 e. The van der Waals surface area contributed by atoms with Crippen molar-refractivity contribution in [2.24, 2.45) is 0 Å². The topological polar surface area (TPSA) is 12.0 Å². The molecular formula is C16H35NS. The lowest BCUT2D eigenvalue weighted by Crippen LogP contribution is -2.38. The molecule has 1 nitrogen and oxygen atoms in total. The van der Waals surface area contributed by atoms with E-state index >= 15 is 0 Å². The highest BCUT2D eigenvalue weighted by molar-refractivity contribution is 7.99. The Morgan fingerprint density at radius 1 is 0.889 bits per heavy atom. The maximum absolute atomic E-state index is 3.85. The van der Waals surface area contributed by atoms with E-state index < -0.39 is 0 Å². The summed E-state index contributed by atoms with van der Waals surface area (Å²) in [4.78, 5) is 0. The highest BCUT2D eigenvalue weighted by atomic mass is 32.2. The van der Waals surface area contributed by atoms with Gasteiger partial charge in [0.2, 0.25) is 0 Å². The molecule has 0 aromatic heterocycles. The minimum absolute atomic E-state index is 0.670. The molecule has 0 saturated heterocycles. The van der Waals surface area contributed by atoms with Crippen LogP contribution in [0.5, 0.6) is 0 Å². The Morgan fingerprint density at radius 2 is 1.44 bits per heavy atom. The van der Waals surface area contributed by atoms with Crippen molar-refractivity contribution in [3.05, 3.63) is 0 Å². The lowest BCUT2D eigenvalue weighted by molar-refractivity contribution is 0.393. The van der Waals surface area contributed by atoms with Crippen LogP contribution in [0.15, 0.2) is 0 Å². The average molecular weight is 274 g/mol. The molecule has 0 aliphatic carbocycles. The number of nitrogens with one attached hydrogen (secondary N) is 1. The number of rotatable bonds is 13. The second-order valence-corrected chi connectivity index (χ2v) is 6.73. The molecule has 0 spiro atoms. The molecule has 1 atom stereocenters. The molecule has 2 heteroatoms. The molecule has 18 heavy (non-hydrogen) atoms. The molecule has 0 radical (unpaired) electrons. The Morgan fingerprint density at radius 3 is 1.89 bits per heavy atom. The maximum atomic E-state index is 3.85. The lowest BCUT2D eigenvalue weighted by Gasteiger charge is -2.23. The van der Waals surface area contributed by atoms with Crippen LogP contribution in [-0.2, 0) is 0 Å². The van der Waals surface area contributed by atoms with Crippen LogP contribution in [0.1, 0.15) is 79.1 Å². The standard InChI is InChI=1S/C16H35NS/c1-5-8-10-12-16(13-11-9-6-2)17-15(4)14-18-7-3/h15-17H,5-14H2,1-4H3. The van der Waals surface area contributed by atoms with E-state index in [-0.39, 0.29) is 0 Å². The lowest BCUT2D eigenvalue weighted by atomic mass is 10.0. The second kappa shape index (κ2) is 13.7. The third-order valence-corrected chi connectivity index (χ3v) is 4.55. The Kier molecular flexibility index (Phi) is 14.0. The van der Waals surface area contributed by atoms with Crippen LogP contribution in [0, 0.1) is 0 Å². The molecule has 0 heterocycles. The SMILES string of the molecule is CCCCCC(CCCCC)NC(C)CSCC. The number of hydrogen-bond acceptors (Lipinski definition) is 2. The zero-order valence-corrected chi connectivity index (χ0v) is 14.0. The second-order valence-electron chi connectivity index (χ2n) is 5.42. The van der Waals surface area contributed by atoms with Gasteiger partial charge in [0.15, 0.2) is 0 Å². The monoisotopic (exact) mass is 273 g/mol. The minimum atomic E-state index is 0.670. The van der Waals surface area contributed by atoms with Gasteiger partial charge in [-0.3, -0.25) is 0 Å². The normalized spacial score (nSPS) is 13.2. The van der Waals surface area contributed by atoms with E-state index in [0.717, 1.165) is 6.04 Å². The van der Waals surface area contributed by atoms with Crippen LogP contribution in [0.4, 0.5) is 0 Å². The van der Waals surface area contributed by atoms with Gasteiger partial charge >= 0.3 is 0 Å². The molecule has 0 amide bonds.